The SMILES string of the molecule is CC(C)(C)c1csc(N(C(=O)O)S(=O)(=O)c2cc(Cl)c(Oc3cnc(Cl)cc3-c3cccnc3)cc2F)n1. The number of hydrogen-bond donors (Lipinski definition) is 1. The van der Waals surface area contributed by atoms with E-state index in [0.717, 1.165) is 23.5 Å². The number of ether oxygens (including phenoxy) is 1. The van der Waals surface area contributed by atoms with Crippen LogP contribution in [0.4, 0.5) is 14.3 Å². The van der Waals surface area contributed by atoms with Gasteiger partial charge in [-0.2, -0.15) is 0 Å². The third-order valence-electron chi connectivity index (χ3n) is 5.14. The van der Waals surface area contributed by atoms with Crippen LogP contribution in [0.25, 0.3) is 11.1 Å². The van der Waals surface area contributed by atoms with Gasteiger partial charge in [-0.05, 0) is 18.2 Å². The zero-order valence-corrected chi connectivity index (χ0v) is 23.2. The van der Waals surface area contributed by atoms with Gasteiger partial charge in [0, 0.05) is 40.4 Å². The largest absolute Gasteiger partial charge is 0.464 e. The molecule has 3 aromatic heterocycles. The minimum Gasteiger partial charge on any atom is -0.464 e. The van der Waals surface area contributed by atoms with E-state index in [1.54, 1.807) is 29.9 Å². The summed E-state index contributed by atoms with van der Waals surface area (Å²) in [6.45, 7) is 5.50. The Morgan fingerprint density at radius 3 is 2.50 bits per heavy atom. The van der Waals surface area contributed by atoms with Crippen LogP contribution < -0.4 is 9.04 Å². The molecule has 0 spiro atoms. The number of sulfonamides is 1. The lowest BCUT2D eigenvalue weighted by Crippen LogP contribution is -2.36. The molecule has 14 heteroatoms. The maximum atomic E-state index is 15.2. The summed E-state index contributed by atoms with van der Waals surface area (Å²) in [5.41, 5.74) is 1.10. The molecule has 0 radical (unpaired) electrons. The van der Waals surface area contributed by atoms with Gasteiger partial charge in [-0.25, -0.2) is 27.6 Å². The summed E-state index contributed by atoms with van der Waals surface area (Å²) in [6, 6.07) is 6.48. The van der Waals surface area contributed by atoms with E-state index in [-0.39, 0.29) is 31.1 Å². The number of pyridine rings is 2. The molecule has 9 nitrogen and oxygen atoms in total. The first-order valence-electron chi connectivity index (χ1n) is 10.8. The monoisotopic (exact) mass is 596 g/mol. The van der Waals surface area contributed by atoms with Gasteiger partial charge in [-0.1, -0.05) is 50.0 Å². The Kier molecular flexibility index (Phi) is 7.62. The maximum absolute atomic E-state index is 15.2. The van der Waals surface area contributed by atoms with Crippen LogP contribution in [-0.4, -0.2) is 34.6 Å². The molecule has 0 saturated heterocycles. The number of benzene rings is 1. The number of rotatable bonds is 6. The molecule has 0 aliphatic rings. The van der Waals surface area contributed by atoms with Crippen molar-refractivity contribution in [2.24, 2.45) is 0 Å². The highest BCUT2D eigenvalue weighted by Gasteiger charge is 2.37. The first-order chi connectivity index (χ1) is 17.8. The second kappa shape index (κ2) is 10.4. The quantitative estimate of drug-likeness (QED) is 0.236. The summed E-state index contributed by atoms with van der Waals surface area (Å²) < 4.78 is 47.6. The van der Waals surface area contributed by atoms with E-state index in [1.807, 2.05) is 20.8 Å². The number of thiazole rings is 1. The number of carboxylic acid groups (broad SMARTS) is 1. The smallest absolute Gasteiger partial charge is 0.428 e. The fourth-order valence-corrected chi connectivity index (χ4v) is 6.26. The number of anilines is 1. The minimum atomic E-state index is -4.96. The van der Waals surface area contributed by atoms with Crippen molar-refractivity contribution in [2.75, 3.05) is 4.31 Å². The van der Waals surface area contributed by atoms with Gasteiger partial charge in [0.1, 0.15) is 21.6 Å². The summed E-state index contributed by atoms with van der Waals surface area (Å²) in [5.74, 6) is -1.37. The third-order valence-corrected chi connectivity index (χ3v) is 8.26. The number of nitrogens with zero attached hydrogens (tertiary/aromatic N) is 4. The first-order valence-corrected chi connectivity index (χ1v) is 13.8. The van der Waals surface area contributed by atoms with Crippen LogP contribution in [0.1, 0.15) is 26.5 Å². The van der Waals surface area contributed by atoms with Crippen molar-refractivity contribution in [3.8, 4) is 22.6 Å². The van der Waals surface area contributed by atoms with E-state index in [4.69, 9.17) is 27.9 Å². The highest BCUT2D eigenvalue weighted by molar-refractivity contribution is 7.93. The molecule has 1 aromatic carbocycles. The molecule has 1 amide bonds. The summed E-state index contributed by atoms with van der Waals surface area (Å²) >= 11 is 13.1. The van der Waals surface area contributed by atoms with Crippen LogP contribution in [0, 0.1) is 5.82 Å². The molecule has 0 aliphatic carbocycles. The Labute approximate surface area is 231 Å². The molecule has 1 N–H and O–H groups in total. The van der Waals surface area contributed by atoms with E-state index in [1.165, 1.54) is 12.3 Å². The Morgan fingerprint density at radius 2 is 1.89 bits per heavy atom. The van der Waals surface area contributed by atoms with Gasteiger partial charge in [0.2, 0.25) is 5.13 Å². The molecule has 4 rings (SSSR count). The second-order valence-electron chi connectivity index (χ2n) is 8.88. The predicted octanol–water partition coefficient (Wildman–Crippen LogP) is 7.01. The molecule has 3 heterocycles. The molecule has 4 aromatic rings. The van der Waals surface area contributed by atoms with Crippen LogP contribution in [0.15, 0.2) is 59.2 Å². The summed E-state index contributed by atoms with van der Waals surface area (Å²) in [4.78, 5) is 23.2. The average molecular weight is 597 g/mol. The molecule has 0 aliphatic heterocycles. The zero-order chi connectivity index (χ0) is 27.8. The molecule has 0 unspecified atom stereocenters. The highest BCUT2D eigenvalue weighted by Crippen LogP contribution is 2.39. The Bertz CT molecular complexity index is 1630. The molecule has 0 atom stereocenters. The van der Waals surface area contributed by atoms with Crippen LogP contribution in [0.2, 0.25) is 10.2 Å². The normalized spacial score (nSPS) is 11.8. The fraction of sp³-hybridized carbons (Fsp3) is 0.167. The van der Waals surface area contributed by atoms with Crippen molar-refractivity contribution in [1.29, 1.82) is 0 Å². The fourth-order valence-electron chi connectivity index (χ4n) is 3.24. The number of aromatic nitrogens is 3. The molecule has 38 heavy (non-hydrogen) atoms. The van der Waals surface area contributed by atoms with Gasteiger partial charge in [-0.3, -0.25) is 4.98 Å². The summed E-state index contributed by atoms with van der Waals surface area (Å²) in [5, 5.41) is 10.8. The van der Waals surface area contributed by atoms with Gasteiger partial charge in [-0.15, -0.1) is 15.6 Å². The Morgan fingerprint density at radius 1 is 1.16 bits per heavy atom. The maximum Gasteiger partial charge on any atom is 0.428 e. The van der Waals surface area contributed by atoms with Crippen LogP contribution in [0.3, 0.4) is 0 Å². The van der Waals surface area contributed by atoms with Gasteiger partial charge in [0.15, 0.2) is 5.75 Å². The van der Waals surface area contributed by atoms with Gasteiger partial charge >= 0.3 is 6.09 Å². The molecule has 0 fully saturated rings. The van der Waals surface area contributed by atoms with Gasteiger partial charge < -0.3 is 9.84 Å². The lowest BCUT2D eigenvalue weighted by molar-refractivity contribution is 0.206. The Balaban J connectivity index is 1.74. The lowest BCUT2D eigenvalue weighted by Gasteiger charge is -2.19. The van der Waals surface area contributed by atoms with Crippen molar-refractivity contribution in [1.82, 2.24) is 15.0 Å². The van der Waals surface area contributed by atoms with Crippen LogP contribution in [0.5, 0.6) is 11.5 Å². The first kappa shape index (κ1) is 27.7. The predicted molar refractivity (Wildman–Crippen MR) is 142 cm³/mol. The van der Waals surface area contributed by atoms with Crippen molar-refractivity contribution in [3.05, 3.63) is 76.0 Å². The molecular weight excluding hydrogens is 578 g/mol. The molecule has 198 valence electrons. The van der Waals surface area contributed by atoms with Crippen molar-refractivity contribution in [3.63, 3.8) is 0 Å². The summed E-state index contributed by atoms with van der Waals surface area (Å²) in [7, 11) is -4.96. The molecule has 0 saturated carbocycles. The third kappa shape index (κ3) is 5.58. The van der Waals surface area contributed by atoms with Gasteiger partial charge in [0.25, 0.3) is 10.0 Å². The van der Waals surface area contributed by atoms with Crippen LogP contribution in [-0.2, 0) is 15.4 Å². The van der Waals surface area contributed by atoms with E-state index in [2.05, 4.69) is 15.0 Å². The van der Waals surface area contributed by atoms with Crippen LogP contribution >= 0.6 is 34.5 Å². The van der Waals surface area contributed by atoms with Crippen molar-refractivity contribution >= 4 is 55.8 Å². The number of carbonyl (C=O) groups is 1. The average Bonchev–Trinajstić information content (AvgIpc) is 3.32. The highest BCUT2D eigenvalue weighted by atomic mass is 35.5. The summed E-state index contributed by atoms with van der Waals surface area (Å²) in [6.07, 6.45) is 2.57. The minimum absolute atomic E-state index is 0.0196. The number of hydrogen-bond acceptors (Lipinski definition) is 8. The number of halogens is 3. The van der Waals surface area contributed by atoms with E-state index < -0.39 is 32.2 Å². The van der Waals surface area contributed by atoms with Gasteiger partial charge in [0.05, 0.1) is 16.9 Å². The van der Waals surface area contributed by atoms with Crippen molar-refractivity contribution < 1.29 is 27.4 Å². The zero-order valence-electron chi connectivity index (χ0n) is 20.0. The number of amides is 1. The molecular formula is C24H19Cl2FN4O5S2. The lowest BCUT2D eigenvalue weighted by atomic mass is 9.93. The standard InChI is InChI=1S/C24H19Cl2FN4O5S2/c1-24(2,3)20-12-37-22(30-20)31(23(32)33)38(34,35)19-8-15(25)17(9-16(19)27)36-18-11-29-21(26)7-14(18)13-5-4-6-28-10-13/h4-12H,1-3H3,(H,32,33). The van der Waals surface area contributed by atoms with Crippen molar-refractivity contribution in [2.45, 2.75) is 31.1 Å². The second-order valence-corrected chi connectivity index (χ2v) is 12.3. The molecule has 0 bridgehead atoms. The van der Waals surface area contributed by atoms with E-state index >= 15 is 4.39 Å². The van der Waals surface area contributed by atoms with E-state index in [9.17, 15) is 18.3 Å². The van der Waals surface area contributed by atoms with E-state index in [0.29, 0.717) is 16.8 Å². The Hall–Kier alpha value is -3.32. The topological polar surface area (TPSA) is 123 Å².